The Labute approximate surface area is 92.4 Å². The second-order valence-corrected chi connectivity index (χ2v) is 4.81. The number of carbonyl (C=O) groups excluding carboxylic acids is 3. The molecule has 0 aromatic rings. The van der Waals surface area contributed by atoms with Gasteiger partial charge < -0.3 is 11.0 Å². The van der Waals surface area contributed by atoms with E-state index >= 15 is 0 Å². The third-order valence-corrected chi connectivity index (χ3v) is 4.09. The first-order valence-corrected chi connectivity index (χ1v) is 6.40. The molecule has 0 saturated heterocycles. The topological polar surface area (TPSA) is 142 Å². The molecule has 4 N–H and O–H groups in total. The van der Waals surface area contributed by atoms with Gasteiger partial charge in [-0.3, -0.25) is 0 Å². The maximum Gasteiger partial charge on any atom is -0.412 e. The van der Waals surface area contributed by atoms with E-state index in [0.717, 1.165) is 20.8 Å². The van der Waals surface area contributed by atoms with Crippen molar-refractivity contribution >= 4 is 35.2 Å². The van der Waals surface area contributed by atoms with Crippen LogP contribution in [0.15, 0.2) is 0 Å². The summed E-state index contributed by atoms with van der Waals surface area (Å²) in [5, 5.41) is 0. The van der Waals surface area contributed by atoms with Crippen molar-refractivity contribution in [1.29, 1.82) is 0 Å². The van der Waals surface area contributed by atoms with E-state index in [-0.39, 0.29) is 11.0 Å². The van der Waals surface area contributed by atoms with Crippen LogP contribution in [0.3, 0.4) is 0 Å². The summed E-state index contributed by atoms with van der Waals surface area (Å²) in [6.07, 6.45) is 0. The van der Waals surface area contributed by atoms with Crippen LogP contribution in [-0.2, 0) is 25.0 Å². The van der Waals surface area contributed by atoms with Crippen LogP contribution in [0.4, 0.5) is 0 Å². The first kappa shape index (κ1) is 19.5. The van der Waals surface area contributed by atoms with Crippen LogP contribution < -0.4 is 0 Å². The van der Waals surface area contributed by atoms with Crippen molar-refractivity contribution in [1.82, 2.24) is 0 Å². The predicted molar refractivity (Wildman–Crippen MR) is 48.3 cm³/mol. The van der Waals surface area contributed by atoms with E-state index in [1.54, 1.807) is 0 Å². The second-order valence-electron chi connectivity index (χ2n) is 2.12. The van der Waals surface area contributed by atoms with Gasteiger partial charge in [-0.15, -0.1) is 0 Å². The summed E-state index contributed by atoms with van der Waals surface area (Å²) in [5.41, 5.74) is 0. The van der Waals surface area contributed by atoms with Crippen molar-refractivity contribution < 1.29 is 35.9 Å². The SMILES string of the molecule is CC(=O)[O][Ga]([O]C(C)=O)[O]C(C)=O.O.O. The van der Waals surface area contributed by atoms with E-state index in [0.29, 0.717) is 0 Å². The van der Waals surface area contributed by atoms with Crippen LogP contribution in [0.5, 0.6) is 0 Å². The smallest absolute Gasteiger partial charge is 0.412 e. The van der Waals surface area contributed by atoms with E-state index in [9.17, 15) is 14.4 Å². The molecule has 0 unspecified atom stereocenters. The zero-order valence-electron chi connectivity index (χ0n) is 8.53. The Bertz CT molecular complexity index is 189. The van der Waals surface area contributed by atoms with Gasteiger partial charge in [0.05, 0.1) is 0 Å². The van der Waals surface area contributed by atoms with Crippen LogP contribution in [0.25, 0.3) is 0 Å². The third-order valence-electron chi connectivity index (χ3n) is 0.787. The molecule has 0 aliphatic carbocycles. The van der Waals surface area contributed by atoms with E-state index in [1.165, 1.54) is 0 Å². The van der Waals surface area contributed by atoms with Crippen LogP contribution >= 0.6 is 0 Å². The molecule has 0 spiro atoms. The Morgan fingerprint density at radius 3 is 1.07 bits per heavy atom. The molecule has 0 aliphatic rings. The molecular weight excluding hydrogens is 270 g/mol. The monoisotopic (exact) mass is 282 g/mol. The van der Waals surface area contributed by atoms with Crippen LogP contribution in [0.1, 0.15) is 20.8 Å². The molecule has 0 rings (SSSR count). The van der Waals surface area contributed by atoms with Gasteiger partial charge in [-0.1, -0.05) is 0 Å². The van der Waals surface area contributed by atoms with Crippen molar-refractivity contribution in [2.24, 2.45) is 0 Å². The Morgan fingerprint density at radius 2 is 0.933 bits per heavy atom. The molecule has 15 heavy (non-hydrogen) atoms. The maximum atomic E-state index is 10.5. The molecule has 0 radical (unpaired) electrons. The van der Waals surface area contributed by atoms with Crippen LogP contribution in [-0.4, -0.2) is 46.2 Å². The van der Waals surface area contributed by atoms with Gasteiger partial charge in [0.2, 0.25) is 0 Å². The zero-order chi connectivity index (χ0) is 10.4. The summed E-state index contributed by atoms with van der Waals surface area (Å²) < 4.78 is 13.6. The van der Waals surface area contributed by atoms with Gasteiger partial charge in [0.25, 0.3) is 0 Å². The fourth-order valence-electron chi connectivity index (χ4n) is 0.479. The fourth-order valence-corrected chi connectivity index (χ4v) is 2.49. The first-order chi connectivity index (χ1) is 5.91. The average Bonchev–Trinajstić information content (AvgIpc) is 1.80. The summed E-state index contributed by atoms with van der Waals surface area (Å²) in [6, 6.07) is 0. The Balaban J connectivity index is -0.000000720. The summed E-state index contributed by atoms with van der Waals surface area (Å²) in [4.78, 5) is 31.4. The minimum atomic E-state index is -3.43. The Hall–Kier alpha value is -1.03. The molecule has 0 aromatic heterocycles. The molecule has 0 aromatic carbocycles. The minimum absolute atomic E-state index is 0. The van der Waals surface area contributed by atoms with E-state index in [1.807, 2.05) is 0 Å². The van der Waals surface area contributed by atoms with Gasteiger partial charge in [-0.05, 0) is 0 Å². The zero-order valence-corrected chi connectivity index (χ0v) is 10.9. The molecule has 0 aliphatic heterocycles. The molecule has 88 valence electrons. The quantitative estimate of drug-likeness (QED) is 0.549. The summed E-state index contributed by atoms with van der Waals surface area (Å²) in [6.45, 7) is 3.43. The van der Waals surface area contributed by atoms with Gasteiger partial charge in [-0.25, -0.2) is 0 Å². The minimum Gasteiger partial charge on any atom is -0.412 e. The molecule has 0 amide bonds. The van der Waals surface area contributed by atoms with E-state index in [2.05, 4.69) is 10.6 Å². The average molecular weight is 283 g/mol. The fraction of sp³-hybridized carbons (Fsp3) is 0.500. The molecule has 0 saturated carbocycles. The number of hydrogen-bond donors (Lipinski definition) is 0. The summed E-state index contributed by atoms with van der Waals surface area (Å²) >= 11 is -3.43. The molecule has 0 heterocycles. The molecular formula is C6H13GaO8. The largest absolute Gasteiger partial charge is 0.412 e. The maximum absolute atomic E-state index is 10.5. The summed E-state index contributed by atoms with van der Waals surface area (Å²) in [5.74, 6) is -1.90. The number of carbonyl (C=O) groups is 3. The third kappa shape index (κ3) is 13.0. The molecule has 9 heteroatoms. The first-order valence-electron chi connectivity index (χ1n) is 3.43. The van der Waals surface area contributed by atoms with Crippen LogP contribution in [0, 0.1) is 0 Å². The second kappa shape index (κ2) is 9.52. The van der Waals surface area contributed by atoms with Gasteiger partial charge in [-0.2, -0.15) is 0 Å². The van der Waals surface area contributed by atoms with Crippen LogP contribution in [0.2, 0.25) is 0 Å². The van der Waals surface area contributed by atoms with Crippen molar-refractivity contribution in [3.8, 4) is 0 Å². The van der Waals surface area contributed by atoms with Gasteiger partial charge >= 0.3 is 81.0 Å². The van der Waals surface area contributed by atoms with Gasteiger partial charge in [0.1, 0.15) is 0 Å². The Kier molecular flexibility index (Phi) is 12.4. The van der Waals surface area contributed by atoms with Crippen molar-refractivity contribution in [2.45, 2.75) is 20.8 Å². The Morgan fingerprint density at radius 1 is 0.733 bits per heavy atom. The van der Waals surface area contributed by atoms with Crippen molar-refractivity contribution in [2.75, 3.05) is 0 Å². The van der Waals surface area contributed by atoms with E-state index in [4.69, 9.17) is 0 Å². The number of hydrogen-bond acceptors (Lipinski definition) is 6. The molecule has 0 bridgehead atoms. The van der Waals surface area contributed by atoms with Gasteiger partial charge in [0.15, 0.2) is 0 Å². The molecule has 0 fully saturated rings. The normalized spacial score (nSPS) is 7.40. The molecule has 0 atom stereocenters. The van der Waals surface area contributed by atoms with Gasteiger partial charge in [0, 0.05) is 0 Å². The summed E-state index contributed by atoms with van der Waals surface area (Å²) in [7, 11) is 0. The van der Waals surface area contributed by atoms with Crippen molar-refractivity contribution in [3.63, 3.8) is 0 Å². The standard InChI is InChI=1S/3C2H4O2.Ga.2H2O/c3*1-2(3)4;;;/h3*1H3,(H,3,4);;2*1H2/q;;;+3;;/p-3. The van der Waals surface area contributed by atoms with E-state index < -0.39 is 35.2 Å². The van der Waals surface area contributed by atoms with Crippen molar-refractivity contribution in [3.05, 3.63) is 0 Å². The number of rotatable bonds is 3. The molecule has 8 nitrogen and oxygen atoms in total. The predicted octanol–water partition coefficient (Wildman–Crippen LogP) is -1.99.